The summed E-state index contributed by atoms with van der Waals surface area (Å²) in [5, 5.41) is 7.38. The van der Waals surface area contributed by atoms with E-state index in [9.17, 15) is 19.2 Å². The summed E-state index contributed by atoms with van der Waals surface area (Å²) in [6.07, 6.45) is 0.418. The van der Waals surface area contributed by atoms with Gasteiger partial charge in [-0.25, -0.2) is 4.79 Å². The monoisotopic (exact) mass is 534 g/mol. The molecule has 11 heteroatoms. The zero-order chi connectivity index (χ0) is 26.6. The summed E-state index contributed by atoms with van der Waals surface area (Å²) in [5.74, 6) is 0.739. The molecule has 0 unspecified atom stereocenters. The van der Waals surface area contributed by atoms with E-state index in [1.54, 1.807) is 23.6 Å². The predicted octanol–water partition coefficient (Wildman–Crippen LogP) is 3.00. The summed E-state index contributed by atoms with van der Waals surface area (Å²) in [5.41, 5.74) is 1.84. The van der Waals surface area contributed by atoms with Crippen LogP contribution < -0.4 is 31.4 Å². The molecule has 0 radical (unpaired) electrons. The van der Waals surface area contributed by atoms with Crippen molar-refractivity contribution >= 4 is 39.1 Å². The van der Waals surface area contributed by atoms with Gasteiger partial charge in [-0.1, -0.05) is 24.3 Å². The lowest BCUT2D eigenvalue weighted by Crippen LogP contribution is -2.41. The number of para-hydroxylation sites is 1. The van der Waals surface area contributed by atoms with Crippen LogP contribution in [0.1, 0.15) is 24.0 Å². The molecule has 0 atom stereocenters. The maximum absolute atomic E-state index is 13.3. The summed E-state index contributed by atoms with van der Waals surface area (Å²) in [4.78, 5) is 51.5. The lowest BCUT2D eigenvalue weighted by Gasteiger charge is -2.13. The van der Waals surface area contributed by atoms with Crippen LogP contribution in [0.3, 0.4) is 0 Å². The van der Waals surface area contributed by atoms with Gasteiger partial charge in [0.2, 0.25) is 18.6 Å². The molecule has 0 saturated carbocycles. The van der Waals surface area contributed by atoms with E-state index in [-0.39, 0.29) is 44.5 Å². The number of carbonyl (C=O) groups excluding carboxylic acids is 2. The highest BCUT2D eigenvalue weighted by molar-refractivity contribution is 7.17. The van der Waals surface area contributed by atoms with E-state index in [1.807, 2.05) is 37.3 Å². The first-order valence-corrected chi connectivity index (χ1v) is 13.0. The fourth-order valence-corrected chi connectivity index (χ4v) is 5.11. The summed E-state index contributed by atoms with van der Waals surface area (Å²) in [7, 11) is 0. The van der Waals surface area contributed by atoms with E-state index < -0.39 is 11.2 Å². The number of nitrogens with one attached hydrogen (secondary N) is 2. The standard InChI is InChI=1S/C27H26N4O6S/c1-17-5-2-3-6-19(17)29-24(33)15-31-20-10-12-38-25(20)26(34)30(27(31)35)11-4-7-23(32)28-14-18-8-9-21-22(13-18)37-16-36-21/h2-3,5-6,8-10,12-13H,4,7,11,14-16H2,1H3,(H,28,32)(H,29,33). The molecular weight excluding hydrogens is 508 g/mol. The van der Waals surface area contributed by atoms with Crippen LogP contribution in [0.15, 0.2) is 63.5 Å². The summed E-state index contributed by atoms with van der Waals surface area (Å²) in [6, 6.07) is 14.5. The van der Waals surface area contributed by atoms with Gasteiger partial charge in [-0.05, 0) is 54.1 Å². The molecule has 4 aromatic rings. The van der Waals surface area contributed by atoms with Crippen molar-refractivity contribution in [3.8, 4) is 11.5 Å². The third-order valence-electron chi connectivity index (χ3n) is 6.27. The van der Waals surface area contributed by atoms with Crippen LogP contribution >= 0.6 is 11.3 Å². The number of ether oxygens (including phenoxy) is 2. The SMILES string of the molecule is Cc1ccccc1NC(=O)Cn1c(=O)n(CCCC(=O)NCc2ccc3c(c2)OCO3)c(=O)c2sccc21. The second-order valence-corrected chi connectivity index (χ2v) is 9.81. The molecule has 38 heavy (non-hydrogen) atoms. The molecule has 2 amide bonds. The molecule has 1 aliphatic heterocycles. The highest BCUT2D eigenvalue weighted by atomic mass is 32.1. The minimum atomic E-state index is -0.582. The maximum Gasteiger partial charge on any atom is 0.332 e. The first-order valence-electron chi connectivity index (χ1n) is 12.1. The van der Waals surface area contributed by atoms with Crippen LogP contribution in [0.5, 0.6) is 11.5 Å². The fraction of sp³-hybridized carbons (Fsp3) is 0.259. The van der Waals surface area contributed by atoms with E-state index >= 15 is 0 Å². The number of anilines is 1. The topological polar surface area (TPSA) is 121 Å². The number of benzene rings is 2. The number of nitrogens with zero attached hydrogens (tertiary/aromatic N) is 2. The van der Waals surface area contributed by atoms with Gasteiger partial charge in [0.05, 0.1) is 5.52 Å². The van der Waals surface area contributed by atoms with Gasteiger partial charge in [-0.2, -0.15) is 0 Å². The van der Waals surface area contributed by atoms with E-state index in [1.165, 1.54) is 15.9 Å². The smallest absolute Gasteiger partial charge is 0.332 e. The Morgan fingerprint density at radius 2 is 1.82 bits per heavy atom. The second-order valence-electron chi connectivity index (χ2n) is 8.89. The molecule has 3 heterocycles. The lowest BCUT2D eigenvalue weighted by molar-refractivity contribution is -0.121. The third kappa shape index (κ3) is 5.32. The number of fused-ring (bicyclic) bond motifs is 2. The van der Waals surface area contributed by atoms with Crippen molar-refractivity contribution < 1.29 is 19.1 Å². The van der Waals surface area contributed by atoms with Crippen molar-refractivity contribution in [2.75, 3.05) is 12.1 Å². The number of hydrogen-bond donors (Lipinski definition) is 2. The van der Waals surface area contributed by atoms with Crippen molar-refractivity contribution in [3.63, 3.8) is 0 Å². The van der Waals surface area contributed by atoms with Crippen molar-refractivity contribution in [2.24, 2.45) is 0 Å². The van der Waals surface area contributed by atoms with Gasteiger partial charge in [-0.15, -0.1) is 11.3 Å². The predicted molar refractivity (Wildman–Crippen MR) is 144 cm³/mol. The Hall–Kier alpha value is -4.38. The molecule has 0 saturated heterocycles. The molecule has 1 aliphatic rings. The van der Waals surface area contributed by atoms with E-state index in [4.69, 9.17) is 9.47 Å². The van der Waals surface area contributed by atoms with Gasteiger partial charge in [0, 0.05) is 25.2 Å². The van der Waals surface area contributed by atoms with E-state index in [2.05, 4.69) is 10.6 Å². The average Bonchev–Trinajstić information content (AvgIpc) is 3.58. The molecule has 2 aromatic heterocycles. The van der Waals surface area contributed by atoms with Crippen LogP contribution in [0.2, 0.25) is 0 Å². The first-order chi connectivity index (χ1) is 18.4. The molecule has 196 valence electrons. The number of hydrogen-bond acceptors (Lipinski definition) is 7. The number of rotatable bonds is 9. The molecule has 5 rings (SSSR count). The molecule has 2 aromatic carbocycles. The van der Waals surface area contributed by atoms with E-state index in [0.717, 1.165) is 15.7 Å². The van der Waals surface area contributed by atoms with Crippen molar-refractivity contribution in [2.45, 2.75) is 39.4 Å². The van der Waals surface area contributed by atoms with Crippen LogP contribution in [0, 0.1) is 6.92 Å². The minimum absolute atomic E-state index is 0.0579. The van der Waals surface area contributed by atoms with Crippen molar-refractivity contribution in [1.82, 2.24) is 14.5 Å². The van der Waals surface area contributed by atoms with Gasteiger partial charge in [-0.3, -0.25) is 23.5 Å². The van der Waals surface area contributed by atoms with Gasteiger partial charge >= 0.3 is 5.69 Å². The van der Waals surface area contributed by atoms with Crippen LogP contribution in [-0.4, -0.2) is 27.7 Å². The van der Waals surface area contributed by atoms with Crippen molar-refractivity contribution in [3.05, 3.63) is 85.9 Å². The van der Waals surface area contributed by atoms with Crippen molar-refractivity contribution in [1.29, 1.82) is 0 Å². The highest BCUT2D eigenvalue weighted by Gasteiger charge is 2.17. The number of aromatic nitrogens is 2. The second kappa shape index (κ2) is 10.9. The van der Waals surface area contributed by atoms with Crippen LogP contribution in [0.25, 0.3) is 10.2 Å². The lowest BCUT2D eigenvalue weighted by atomic mass is 10.2. The molecule has 0 spiro atoms. The molecular formula is C27H26N4O6S. The number of thiophene rings is 1. The van der Waals surface area contributed by atoms with Gasteiger partial charge in [0.25, 0.3) is 5.56 Å². The maximum atomic E-state index is 13.3. The first kappa shape index (κ1) is 25.3. The highest BCUT2D eigenvalue weighted by Crippen LogP contribution is 2.32. The van der Waals surface area contributed by atoms with E-state index in [0.29, 0.717) is 33.9 Å². The molecule has 0 aliphatic carbocycles. The zero-order valence-electron chi connectivity index (χ0n) is 20.7. The average molecular weight is 535 g/mol. The number of amides is 2. The summed E-state index contributed by atoms with van der Waals surface area (Å²) >= 11 is 1.22. The Labute approximate surface area is 221 Å². The quantitative estimate of drug-likeness (QED) is 0.341. The Morgan fingerprint density at radius 3 is 2.66 bits per heavy atom. The third-order valence-corrected chi connectivity index (χ3v) is 7.16. The molecule has 0 bridgehead atoms. The Bertz CT molecular complexity index is 1640. The summed E-state index contributed by atoms with van der Waals surface area (Å²) in [6.45, 7) is 2.20. The number of carbonyl (C=O) groups is 2. The Balaban J connectivity index is 1.24. The molecule has 10 nitrogen and oxygen atoms in total. The summed E-state index contributed by atoms with van der Waals surface area (Å²) < 4.78 is 13.4. The Kier molecular flexibility index (Phi) is 7.27. The molecule has 2 N–H and O–H groups in total. The van der Waals surface area contributed by atoms with Gasteiger partial charge in [0.1, 0.15) is 11.2 Å². The number of aryl methyl sites for hydroxylation is 1. The largest absolute Gasteiger partial charge is 0.454 e. The van der Waals surface area contributed by atoms with Gasteiger partial charge < -0.3 is 20.1 Å². The van der Waals surface area contributed by atoms with Crippen LogP contribution in [0.4, 0.5) is 5.69 Å². The van der Waals surface area contributed by atoms with Crippen LogP contribution in [-0.2, 0) is 29.2 Å². The normalized spacial score (nSPS) is 12.0. The Morgan fingerprint density at radius 1 is 1.00 bits per heavy atom. The van der Waals surface area contributed by atoms with Gasteiger partial charge in [0.15, 0.2) is 11.5 Å². The zero-order valence-corrected chi connectivity index (χ0v) is 21.5. The minimum Gasteiger partial charge on any atom is -0.454 e. The molecule has 0 fully saturated rings. The fourth-order valence-electron chi connectivity index (χ4n) is 4.27.